The first-order chi connectivity index (χ1) is 10.0. The van der Waals surface area contributed by atoms with Crippen LogP contribution in [0.2, 0.25) is 0 Å². The van der Waals surface area contributed by atoms with E-state index in [1.54, 1.807) is 37.6 Å². The van der Waals surface area contributed by atoms with Crippen molar-refractivity contribution in [3.05, 3.63) is 46.4 Å². The topological polar surface area (TPSA) is 73.4 Å². The molecular weight excluding hydrogens is 268 g/mol. The molecule has 0 radical (unpaired) electrons. The van der Waals surface area contributed by atoms with Crippen LogP contribution < -0.4 is 20.9 Å². The molecule has 21 heavy (non-hydrogen) atoms. The molecule has 6 nitrogen and oxygen atoms in total. The molecule has 0 bridgehead atoms. The normalized spacial score (nSPS) is 10.4. The van der Waals surface area contributed by atoms with E-state index in [4.69, 9.17) is 10.5 Å². The standard InChI is InChI=1S/C15H20N4O2/c1-4-18(2)13-8-15(20)19(17-9-13)10-11-7-12(16)5-6-14(11)21-3/h5-9H,4,10,16H2,1-3H3. The Morgan fingerprint density at radius 3 is 2.76 bits per heavy atom. The summed E-state index contributed by atoms with van der Waals surface area (Å²) >= 11 is 0. The van der Waals surface area contributed by atoms with Crippen LogP contribution in [0, 0.1) is 0 Å². The van der Waals surface area contributed by atoms with Gasteiger partial charge in [-0.3, -0.25) is 4.79 Å². The average Bonchev–Trinajstić information content (AvgIpc) is 2.48. The third-order valence-electron chi connectivity index (χ3n) is 3.39. The second kappa shape index (κ2) is 6.30. The van der Waals surface area contributed by atoms with E-state index in [1.807, 2.05) is 18.9 Å². The molecule has 2 rings (SSSR count). The summed E-state index contributed by atoms with van der Waals surface area (Å²) in [5, 5.41) is 4.21. The second-order valence-corrected chi connectivity index (χ2v) is 4.80. The van der Waals surface area contributed by atoms with Crippen molar-refractivity contribution in [2.24, 2.45) is 0 Å². The first kappa shape index (κ1) is 14.9. The maximum Gasteiger partial charge on any atom is 0.269 e. The Morgan fingerprint density at radius 1 is 1.38 bits per heavy atom. The van der Waals surface area contributed by atoms with E-state index in [9.17, 15) is 4.79 Å². The highest BCUT2D eigenvalue weighted by Gasteiger charge is 2.08. The van der Waals surface area contributed by atoms with Crippen LogP contribution in [-0.2, 0) is 6.54 Å². The fraction of sp³-hybridized carbons (Fsp3) is 0.333. The third-order valence-corrected chi connectivity index (χ3v) is 3.39. The monoisotopic (exact) mass is 288 g/mol. The van der Waals surface area contributed by atoms with Gasteiger partial charge in [0.1, 0.15) is 5.75 Å². The summed E-state index contributed by atoms with van der Waals surface area (Å²) < 4.78 is 6.68. The summed E-state index contributed by atoms with van der Waals surface area (Å²) in [4.78, 5) is 14.1. The first-order valence-corrected chi connectivity index (χ1v) is 6.75. The molecular formula is C15H20N4O2. The van der Waals surface area contributed by atoms with Gasteiger partial charge in [0.2, 0.25) is 0 Å². The minimum Gasteiger partial charge on any atom is -0.496 e. The SMILES string of the molecule is CCN(C)c1cnn(Cc2cc(N)ccc2OC)c(=O)c1. The summed E-state index contributed by atoms with van der Waals surface area (Å²) in [5.41, 5.74) is 7.88. The van der Waals surface area contributed by atoms with Crippen molar-refractivity contribution in [3.63, 3.8) is 0 Å². The molecule has 0 aliphatic heterocycles. The van der Waals surface area contributed by atoms with Crippen molar-refractivity contribution in [1.82, 2.24) is 9.78 Å². The molecule has 112 valence electrons. The number of rotatable bonds is 5. The molecule has 2 N–H and O–H groups in total. The van der Waals surface area contributed by atoms with E-state index in [0.29, 0.717) is 18.0 Å². The Labute approximate surface area is 123 Å². The summed E-state index contributed by atoms with van der Waals surface area (Å²) in [6, 6.07) is 6.92. The van der Waals surface area contributed by atoms with E-state index in [1.165, 1.54) is 4.68 Å². The molecule has 0 aliphatic rings. The van der Waals surface area contributed by atoms with Gasteiger partial charge in [-0.15, -0.1) is 0 Å². The Bertz CT molecular complexity index is 682. The number of methoxy groups -OCH3 is 1. The van der Waals surface area contributed by atoms with Crippen LogP contribution in [-0.4, -0.2) is 30.5 Å². The zero-order valence-corrected chi connectivity index (χ0v) is 12.5. The predicted molar refractivity (Wildman–Crippen MR) is 83.9 cm³/mol. The lowest BCUT2D eigenvalue weighted by atomic mass is 10.2. The molecule has 0 aliphatic carbocycles. The van der Waals surface area contributed by atoms with E-state index < -0.39 is 0 Å². The van der Waals surface area contributed by atoms with Crippen molar-refractivity contribution >= 4 is 11.4 Å². The molecule has 0 fully saturated rings. The highest BCUT2D eigenvalue weighted by atomic mass is 16.5. The maximum atomic E-state index is 12.2. The van der Waals surface area contributed by atoms with Crippen molar-refractivity contribution < 1.29 is 4.74 Å². The Kier molecular flexibility index (Phi) is 4.47. The zero-order valence-electron chi connectivity index (χ0n) is 12.5. The predicted octanol–water partition coefficient (Wildman–Crippen LogP) is 1.34. The van der Waals surface area contributed by atoms with Crippen LogP contribution in [0.5, 0.6) is 5.75 Å². The van der Waals surface area contributed by atoms with Crippen molar-refractivity contribution in [2.45, 2.75) is 13.5 Å². The van der Waals surface area contributed by atoms with Crippen LogP contribution in [0.25, 0.3) is 0 Å². The fourth-order valence-electron chi connectivity index (χ4n) is 2.02. The zero-order chi connectivity index (χ0) is 15.4. The molecule has 0 unspecified atom stereocenters. The number of nitrogens with zero attached hydrogens (tertiary/aromatic N) is 3. The van der Waals surface area contributed by atoms with Gasteiger partial charge in [0, 0.05) is 30.9 Å². The smallest absolute Gasteiger partial charge is 0.269 e. The number of benzene rings is 1. The van der Waals surface area contributed by atoms with Gasteiger partial charge in [-0.2, -0.15) is 5.10 Å². The summed E-state index contributed by atoms with van der Waals surface area (Å²) in [7, 11) is 3.51. The van der Waals surface area contributed by atoms with Gasteiger partial charge < -0.3 is 15.4 Å². The maximum absolute atomic E-state index is 12.2. The number of ether oxygens (including phenoxy) is 1. The Morgan fingerprint density at radius 2 is 2.14 bits per heavy atom. The number of nitrogen functional groups attached to an aromatic ring is 1. The molecule has 6 heteroatoms. The molecule has 1 heterocycles. The van der Waals surface area contributed by atoms with Gasteiger partial charge in [0.25, 0.3) is 5.56 Å². The van der Waals surface area contributed by atoms with Crippen LogP contribution in [0.3, 0.4) is 0 Å². The number of nitrogens with two attached hydrogens (primary N) is 1. The molecule has 1 aromatic carbocycles. The van der Waals surface area contributed by atoms with Gasteiger partial charge in [-0.25, -0.2) is 4.68 Å². The third kappa shape index (κ3) is 3.34. The van der Waals surface area contributed by atoms with E-state index in [0.717, 1.165) is 17.8 Å². The quantitative estimate of drug-likeness (QED) is 0.840. The summed E-state index contributed by atoms with van der Waals surface area (Å²) in [6.07, 6.45) is 1.68. The van der Waals surface area contributed by atoms with Crippen LogP contribution in [0.1, 0.15) is 12.5 Å². The van der Waals surface area contributed by atoms with Crippen molar-refractivity contribution in [1.29, 1.82) is 0 Å². The highest BCUT2D eigenvalue weighted by molar-refractivity contribution is 5.48. The van der Waals surface area contributed by atoms with Gasteiger partial charge in [-0.05, 0) is 25.1 Å². The van der Waals surface area contributed by atoms with E-state index in [-0.39, 0.29) is 5.56 Å². The number of hydrogen-bond donors (Lipinski definition) is 1. The minimum atomic E-state index is -0.155. The van der Waals surface area contributed by atoms with Gasteiger partial charge >= 0.3 is 0 Å². The largest absolute Gasteiger partial charge is 0.496 e. The lowest BCUT2D eigenvalue weighted by molar-refractivity contribution is 0.407. The van der Waals surface area contributed by atoms with Crippen molar-refractivity contribution in [2.75, 3.05) is 31.3 Å². The van der Waals surface area contributed by atoms with Crippen molar-refractivity contribution in [3.8, 4) is 5.75 Å². The molecule has 0 atom stereocenters. The average molecular weight is 288 g/mol. The summed E-state index contributed by atoms with van der Waals surface area (Å²) in [5.74, 6) is 0.688. The molecule has 0 amide bonds. The molecule has 0 spiro atoms. The minimum absolute atomic E-state index is 0.155. The summed E-state index contributed by atoms with van der Waals surface area (Å²) in [6.45, 7) is 3.15. The number of aromatic nitrogens is 2. The van der Waals surface area contributed by atoms with Gasteiger partial charge in [-0.1, -0.05) is 0 Å². The Balaban J connectivity index is 2.32. The van der Waals surface area contributed by atoms with E-state index in [2.05, 4.69) is 5.10 Å². The second-order valence-electron chi connectivity index (χ2n) is 4.80. The molecule has 0 saturated carbocycles. The van der Waals surface area contributed by atoms with Crippen LogP contribution in [0.4, 0.5) is 11.4 Å². The lowest BCUT2D eigenvalue weighted by Gasteiger charge is -2.16. The lowest BCUT2D eigenvalue weighted by Crippen LogP contribution is -2.26. The van der Waals surface area contributed by atoms with E-state index >= 15 is 0 Å². The fourth-order valence-corrected chi connectivity index (χ4v) is 2.02. The van der Waals surface area contributed by atoms with Gasteiger partial charge in [0.05, 0.1) is 25.5 Å². The molecule has 0 saturated heterocycles. The van der Waals surface area contributed by atoms with Gasteiger partial charge in [0.15, 0.2) is 0 Å². The highest BCUT2D eigenvalue weighted by Crippen LogP contribution is 2.21. The molecule has 1 aromatic heterocycles. The first-order valence-electron chi connectivity index (χ1n) is 6.75. The number of hydrogen-bond acceptors (Lipinski definition) is 5. The number of anilines is 2. The molecule has 2 aromatic rings. The Hall–Kier alpha value is -2.50. The van der Waals surface area contributed by atoms with Crippen LogP contribution in [0.15, 0.2) is 35.3 Å². The van der Waals surface area contributed by atoms with Crippen LogP contribution >= 0.6 is 0 Å².